The van der Waals surface area contributed by atoms with Crippen LogP contribution in [0.15, 0.2) is 4.52 Å². The highest BCUT2D eigenvalue weighted by atomic mass is 16.5. The van der Waals surface area contributed by atoms with Gasteiger partial charge in [0.1, 0.15) is 5.76 Å². The minimum atomic E-state index is 0.727. The number of hydrogen-bond acceptors (Lipinski definition) is 3. The van der Waals surface area contributed by atoms with Gasteiger partial charge in [-0.15, -0.1) is 0 Å². The summed E-state index contributed by atoms with van der Waals surface area (Å²) < 4.78 is 5.36. The van der Waals surface area contributed by atoms with E-state index in [1.807, 2.05) is 0 Å². The molecule has 1 aromatic rings. The highest BCUT2D eigenvalue weighted by molar-refractivity contribution is 5.26. The Morgan fingerprint density at radius 2 is 2.43 bits per heavy atom. The van der Waals surface area contributed by atoms with Crippen molar-refractivity contribution in [3.8, 4) is 0 Å². The Bertz CT molecular complexity index is 306. The number of hydrogen-bond donors (Lipinski definition) is 1. The highest BCUT2D eigenvalue weighted by Crippen LogP contribution is 2.27. The molecule has 14 heavy (non-hydrogen) atoms. The zero-order valence-corrected chi connectivity index (χ0v) is 8.75. The smallest absolute Gasteiger partial charge is 0.140 e. The molecule has 0 saturated carbocycles. The molecule has 1 atom stereocenters. The molecular formula is C11H18N2O. The van der Waals surface area contributed by atoms with E-state index in [4.69, 9.17) is 10.3 Å². The first-order chi connectivity index (χ1) is 6.81. The Morgan fingerprint density at radius 1 is 1.57 bits per heavy atom. The molecule has 1 unspecified atom stereocenters. The molecule has 0 aromatic carbocycles. The van der Waals surface area contributed by atoms with Gasteiger partial charge >= 0.3 is 0 Å². The van der Waals surface area contributed by atoms with Crippen molar-refractivity contribution >= 4 is 0 Å². The van der Waals surface area contributed by atoms with Gasteiger partial charge < -0.3 is 10.3 Å². The maximum Gasteiger partial charge on any atom is 0.140 e. The molecule has 1 aromatic heterocycles. The Kier molecular flexibility index (Phi) is 2.87. The van der Waals surface area contributed by atoms with E-state index in [0.717, 1.165) is 43.9 Å². The average molecular weight is 194 g/mol. The fourth-order valence-corrected chi connectivity index (χ4v) is 2.10. The predicted octanol–water partition coefficient (Wildman–Crippen LogP) is 1.69. The summed E-state index contributed by atoms with van der Waals surface area (Å²) in [4.78, 5) is 0. The van der Waals surface area contributed by atoms with Gasteiger partial charge in [-0.1, -0.05) is 12.1 Å². The second-order valence-electron chi connectivity index (χ2n) is 4.27. The number of nitrogens with two attached hydrogens (primary N) is 1. The third kappa shape index (κ3) is 1.82. The summed E-state index contributed by atoms with van der Waals surface area (Å²) in [7, 11) is 0. The van der Waals surface area contributed by atoms with Gasteiger partial charge in [0.2, 0.25) is 0 Å². The van der Waals surface area contributed by atoms with E-state index in [-0.39, 0.29) is 0 Å². The number of aromatic nitrogens is 1. The first kappa shape index (κ1) is 9.71. The van der Waals surface area contributed by atoms with Crippen molar-refractivity contribution < 1.29 is 4.52 Å². The van der Waals surface area contributed by atoms with Crippen molar-refractivity contribution in [1.82, 2.24) is 5.16 Å². The van der Waals surface area contributed by atoms with Crippen LogP contribution >= 0.6 is 0 Å². The fraction of sp³-hybridized carbons (Fsp3) is 0.727. The third-order valence-corrected chi connectivity index (χ3v) is 2.99. The molecule has 2 N–H and O–H groups in total. The van der Waals surface area contributed by atoms with Crippen molar-refractivity contribution in [2.75, 3.05) is 6.54 Å². The maximum absolute atomic E-state index is 5.49. The summed E-state index contributed by atoms with van der Waals surface area (Å²) in [6, 6.07) is 0. The zero-order valence-electron chi connectivity index (χ0n) is 8.75. The third-order valence-electron chi connectivity index (χ3n) is 2.99. The van der Waals surface area contributed by atoms with Crippen LogP contribution in [0.4, 0.5) is 0 Å². The van der Waals surface area contributed by atoms with Gasteiger partial charge in [0.25, 0.3) is 0 Å². The van der Waals surface area contributed by atoms with E-state index in [1.165, 1.54) is 17.7 Å². The Balaban J connectivity index is 2.13. The summed E-state index contributed by atoms with van der Waals surface area (Å²) in [5, 5.41) is 4.13. The van der Waals surface area contributed by atoms with Gasteiger partial charge in [0.15, 0.2) is 0 Å². The standard InChI is InChI=1S/C11H18N2O/c1-8-4-5-10-9(7-8)11(14-13-10)3-2-6-12/h8H,2-7,12H2,1H3. The van der Waals surface area contributed by atoms with Gasteiger partial charge in [-0.05, 0) is 38.1 Å². The molecule has 0 aliphatic heterocycles. The van der Waals surface area contributed by atoms with Crippen molar-refractivity contribution in [3.63, 3.8) is 0 Å². The van der Waals surface area contributed by atoms with Crippen molar-refractivity contribution in [2.45, 2.75) is 39.0 Å². The van der Waals surface area contributed by atoms with E-state index >= 15 is 0 Å². The van der Waals surface area contributed by atoms with Crippen LogP contribution < -0.4 is 5.73 Å². The lowest BCUT2D eigenvalue weighted by Gasteiger charge is -2.16. The van der Waals surface area contributed by atoms with Gasteiger partial charge in [-0.25, -0.2) is 0 Å². The van der Waals surface area contributed by atoms with Crippen LogP contribution in [0.2, 0.25) is 0 Å². The van der Waals surface area contributed by atoms with Gasteiger partial charge in [-0.3, -0.25) is 0 Å². The molecule has 0 fully saturated rings. The minimum Gasteiger partial charge on any atom is -0.361 e. The molecule has 0 amide bonds. The van der Waals surface area contributed by atoms with Gasteiger partial charge in [-0.2, -0.15) is 0 Å². The molecular weight excluding hydrogens is 176 g/mol. The van der Waals surface area contributed by atoms with E-state index in [2.05, 4.69) is 12.1 Å². The molecule has 0 bridgehead atoms. The molecule has 0 radical (unpaired) electrons. The van der Waals surface area contributed by atoms with E-state index in [1.54, 1.807) is 0 Å². The lowest BCUT2D eigenvalue weighted by Crippen LogP contribution is -2.11. The van der Waals surface area contributed by atoms with Gasteiger partial charge in [0.05, 0.1) is 5.69 Å². The average Bonchev–Trinajstić information content (AvgIpc) is 2.57. The quantitative estimate of drug-likeness (QED) is 0.796. The maximum atomic E-state index is 5.49. The molecule has 0 saturated heterocycles. The molecule has 2 rings (SSSR count). The monoisotopic (exact) mass is 194 g/mol. The van der Waals surface area contributed by atoms with Crippen molar-refractivity contribution in [1.29, 1.82) is 0 Å². The first-order valence-electron chi connectivity index (χ1n) is 5.47. The van der Waals surface area contributed by atoms with E-state index in [0.29, 0.717) is 0 Å². The van der Waals surface area contributed by atoms with E-state index in [9.17, 15) is 0 Å². The predicted molar refractivity (Wildman–Crippen MR) is 55.1 cm³/mol. The summed E-state index contributed by atoms with van der Waals surface area (Å²) in [5.41, 5.74) is 8.05. The van der Waals surface area contributed by atoms with E-state index < -0.39 is 0 Å². The first-order valence-corrected chi connectivity index (χ1v) is 5.47. The van der Waals surface area contributed by atoms with Crippen LogP contribution in [0.3, 0.4) is 0 Å². The second-order valence-corrected chi connectivity index (χ2v) is 4.27. The van der Waals surface area contributed by atoms with Gasteiger partial charge in [0, 0.05) is 12.0 Å². The number of rotatable bonds is 3. The summed E-state index contributed by atoms with van der Waals surface area (Å²) in [5.74, 6) is 1.86. The number of nitrogens with zero attached hydrogens (tertiary/aromatic N) is 1. The largest absolute Gasteiger partial charge is 0.361 e. The zero-order chi connectivity index (χ0) is 9.97. The molecule has 1 aliphatic rings. The fourth-order valence-electron chi connectivity index (χ4n) is 2.10. The second kappa shape index (κ2) is 4.13. The summed E-state index contributed by atoms with van der Waals surface area (Å²) >= 11 is 0. The van der Waals surface area contributed by atoms with Crippen LogP contribution in [-0.4, -0.2) is 11.7 Å². The van der Waals surface area contributed by atoms with Crippen LogP contribution in [-0.2, 0) is 19.3 Å². The molecule has 78 valence electrons. The van der Waals surface area contributed by atoms with Crippen molar-refractivity contribution in [2.24, 2.45) is 11.7 Å². The summed E-state index contributed by atoms with van der Waals surface area (Å²) in [6.07, 6.45) is 5.42. The molecule has 3 nitrogen and oxygen atoms in total. The van der Waals surface area contributed by atoms with Crippen LogP contribution in [0.25, 0.3) is 0 Å². The molecule has 0 spiro atoms. The number of fused-ring (bicyclic) bond motifs is 1. The van der Waals surface area contributed by atoms with Crippen LogP contribution in [0.5, 0.6) is 0 Å². The number of aryl methyl sites for hydroxylation is 2. The lowest BCUT2D eigenvalue weighted by molar-refractivity contribution is 0.375. The normalized spacial score (nSPS) is 20.9. The van der Waals surface area contributed by atoms with Crippen molar-refractivity contribution in [3.05, 3.63) is 17.0 Å². The summed E-state index contributed by atoms with van der Waals surface area (Å²) in [6.45, 7) is 3.02. The highest BCUT2D eigenvalue weighted by Gasteiger charge is 2.22. The lowest BCUT2D eigenvalue weighted by atomic mass is 9.87. The molecule has 3 heteroatoms. The SMILES string of the molecule is CC1CCc2noc(CCCN)c2C1. The topological polar surface area (TPSA) is 52.0 Å². The Labute approximate surface area is 84.7 Å². The Hall–Kier alpha value is -0.830. The Morgan fingerprint density at radius 3 is 3.21 bits per heavy atom. The molecule has 1 aliphatic carbocycles. The van der Waals surface area contributed by atoms with Crippen LogP contribution in [0, 0.1) is 5.92 Å². The minimum absolute atomic E-state index is 0.727. The molecule has 1 heterocycles. The van der Waals surface area contributed by atoms with Crippen LogP contribution in [0.1, 0.15) is 36.8 Å².